The van der Waals surface area contributed by atoms with Crippen LogP contribution in [-0.4, -0.2) is 49.3 Å². The number of primary amides is 1. The first-order valence-electron chi connectivity index (χ1n) is 12.4. The molecule has 214 valence electrons. The van der Waals surface area contributed by atoms with Gasteiger partial charge in [-0.25, -0.2) is 14.8 Å². The zero-order valence-corrected chi connectivity index (χ0v) is 24.5. The molecule has 0 saturated carbocycles. The monoisotopic (exact) mass is 597 g/mol. The van der Waals surface area contributed by atoms with E-state index in [4.69, 9.17) is 28.9 Å². The number of nitrogens with one attached hydrogen (secondary N) is 2. The minimum atomic E-state index is -0.684. The van der Waals surface area contributed by atoms with E-state index in [1.807, 2.05) is 38.1 Å². The van der Waals surface area contributed by atoms with Crippen LogP contribution in [0, 0.1) is 0 Å². The molecule has 0 spiro atoms. The Morgan fingerprint density at radius 1 is 0.756 bits per heavy atom. The molecule has 41 heavy (non-hydrogen) atoms. The molecule has 4 aromatic rings. The number of hydrogen-bond donors (Lipinski definition) is 3. The van der Waals surface area contributed by atoms with Crippen LogP contribution in [0.3, 0.4) is 0 Å². The fraction of sp³-hybridized carbons (Fsp3) is 0.259. The van der Waals surface area contributed by atoms with Crippen molar-refractivity contribution in [1.29, 1.82) is 0 Å². The molecule has 4 heterocycles. The lowest BCUT2D eigenvalue weighted by Gasteiger charge is -2.11. The van der Waals surface area contributed by atoms with Crippen LogP contribution in [0.25, 0.3) is 0 Å². The zero-order chi connectivity index (χ0) is 30.1. The molecule has 0 bridgehead atoms. The summed E-state index contributed by atoms with van der Waals surface area (Å²) in [6.45, 7) is 8.20. The lowest BCUT2D eigenvalue weighted by molar-refractivity contribution is 0.0594. The Balaban J connectivity index is 0.000000226. The van der Waals surface area contributed by atoms with E-state index in [0.29, 0.717) is 34.8 Å². The first-order valence-corrected chi connectivity index (χ1v) is 13.2. The quantitative estimate of drug-likeness (QED) is 0.214. The summed E-state index contributed by atoms with van der Waals surface area (Å²) in [5.74, 6) is 0.494. The van der Waals surface area contributed by atoms with Gasteiger partial charge in [-0.3, -0.25) is 4.79 Å². The van der Waals surface area contributed by atoms with E-state index in [2.05, 4.69) is 59.6 Å². The smallest absolute Gasteiger partial charge is 0.360 e. The van der Waals surface area contributed by atoms with E-state index in [1.54, 1.807) is 12.1 Å². The fourth-order valence-electron chi connectivity index (χ4n) is 3.32. The van der Waals surface area contributed by atoms with E-state index in [1.165, 1.54) is 19.2 Å². The first-order chi connectivity index (χ1) is 19.5. The number of nitrogens with zero attached hydrogens (tertiary/aromatic N) is 6. The van der Waals surface area contributed by atoms with Crippen molar-refractivity contribution in [3.8, 4) is 0 Å². The minimum Gasteiger partial charge on any atom is -0.464 e. The summed E-state index contributed by atoms with van der Waals surface area (Å²) in [6.07, 6.45) is 0. The van der Waals surface area contributed by atoms with Crippen molar-refractivity contribution in [3.05, 3.63) is 81.6 Å². The maximum Gasteiger partial charge on any atom is 0.360 e. The Morgan fingerprint density at radius 2 is 1.20 bits per heavy atom. The predicted octanol–water partition coefficient (Wildman–Crippen LogP) is 5.67. The number of ether oxygens (including phenoxy) is 1. The lowest BCUT2D eigenvalue weighted by atomic mass is 10.1. The van der Waals surface area contributed by atoms with Crippen LogP contribution in [0.4, 0.5) is 23.0 Å². The van der Waals surface area contributed by atoms with Crippen LogP contribution < -0.4 is 16.4 Å². The van der Waals surface area contributed by atoms with E-state index in [0.717, 1.165) is 11.4 Å². The van der Waals surface area contributed by atoms with Crippen molar-refractivity contribution < 1.29 is 14.3 Å². The van der Waals surface area contributed by atoms with E-state index >= 15 is 0 Å². The zero-order valence-electron chi connectivity index (χ0n) is 23.0. The second-order valence-electron chi connectivity index (χ2n) is 9.17. The highest BCUT2D eigenvalue weighted by atomic mass is 35.5. The molecule has 12 nitrogen and oxygen atoms in total. The standard InChI is InChI=1S/C14H15ClN4O2.C13H14ClN5O/c1-8(2)9-5-4-6-12(16-9)17-10-7-11(15)18-19-13(10)14(20)21-3;1-7(2)8-4-3-5-11(16-8)17-9-6-10(14)18-19-12(9)13(15)20/h4-8H,1-3H3,(H,16,17,18);3-7H,1-2H3,(H2,15,20)(H,16,17,18). The molecule has 4 rings (SSSR count). The number of methoxy groups -OCH3 is 1. The largest absolute Gasteiger partial charge is 0.464 e. The summed E-state index contributed by atoms with van der Waals surface area (Å²) in [4.78, 5) is 31.9. The lowest BCUT2D eigenvalue weighted by Crippen LogP contribution is -2.16. The Morgan fingerprint density at radius 3 is 1.61 bits per heavy atom. The Kier molecular flexibility index (Phi) is 10.8. The van der Waals surface area contributed by atoms with Crippen molar-refractivity contribution in [1.82, 2.24) is 30.4 Å². The molecule has 0 radical (unpaired) electrons. The maximum atomic E-state index is 11.7. The second kappa shape index (κ2) is 14.3. The number of amides is 1. The summed E-state index contributed by atoms with van der Waals surface area (Å²) in [6, 6.07) is 14.2. The highest BCUT2D eigenvalue weighted by Crippen LogP contribution is 2.24. The molecule has 0 atom stereocenters. The summed E-state index contributed by atoms with van der Waals surface area (Å²) in [7, 11) is 1.28. The normalized spacial score (nSPS) is 10.6. The number of nitrogens with two attached hydrogens (primary N) is 1. The highest BCUT2D eigenvalue weighted by Gasteiger charge is 2.17. The minimum absolute atomic E-state index is 0.0196. The Hall–Kier alpha value is -4.42. The van der Waals surface area contributed by atoms with Crippen LogP contribution in [0.2, 0.25) is 10.3 Å². The fourth-order valence-corrected chi connectivity index (χ4v) is 3.61. The number of rotatable bonds is 8. The van der Waals surface area contributed by atoms with E-state index < -0.39 is 11.9 Å². The van der Waals surface area contributed by atoms with Crippen molar-refractivity contribution in [2.24, 2.45) is 5.73 Å². The van der Waals surface area contributed by atoms with Gasteiger partial charge in [0.1, 0.15) is 11.6 Å². The first kappa shape index (κ1) is 31.1. The van der Waals surface area contributed by atoms with Gasteiger partial charge < -0.3 is 21.1 Å². The van der Waals surface area contributed by atoms with Gasteiger partial charge in [-0.05, 0) is 36.1 Å². The molecule has 0 fully saturated rings. The third kappa shape index (κ3) is 8.78. The van der Waals surface area contributed by atoms with Crippen molar-refractivity contribution in [2.75, 3.05) is 17.7 Å². The summed E-state index contributed by atoms with van der Waals surface area (Å²) >= 11 is 11.6. The molecule has 0 aromatic carbocycles. The number of aromatic nitrogens is 6. The molecular weight excluding hydrogens is 569 g/mol. The number of hydrogen-bond acceptors (Lipinski definition) is 11. The number of halogens is 2. The SMILES string of the molecule is CC(C)c1cccc(Nc2cc(Cl)nnc2C(N)=O)n1.COC(=O)c1nnc(Cl)cc1Nc1cccc(C(C)C)n1. The van der Waals surface area contributed by atoms with Crippen LogP contribution in [-0.2, 0) is 4.74 Å². The van der Waals surface area contributed by atoms with Gasteiger partial charge in [-0.15, -0.1) is 20.4 Å². The van der Waals surface area contributed by atoms with Crippen molar-refractivity contribution in [3.63, 3.8) is 0 Å². The number of pyridine rings is 2. The molecule has 0 aliphatic carbocycles. The summed E-state index contributed by atoms with van der Waals surface area (Å²) < 4.78 is 4.67. The maximum absolute atomic E-state index is 11.7. The molecular formula is C27H29Cl2N9O3. The Labute approximate surface area is 247 Å². The number of anilines is 4. The van der Waals surface area contributed by atoms with Gasteiger partial charge in [0.2, 0.25) is 0 Å². The van der Waals surface area contributed by atoms with Crippen LogP contribution in [0.5, 0.6) is 0 Å². The second-order valence-corrected chi connectivity index (χ2v) is 9.94. The van der Waals surface area contributed by atoms with Crippen LogP contribution in [0.1, 0.15) is 71.9 Å². The van der Waals surface area contributed by atoms with E-state index in [9.17, 15) is 9.59 Å². The number of esters is 1. The molecule has 0 unspecified atom stereocenters. The summed E-state index contributed by atoms with van der Waals surface area (Å²) in [5.41, 5.74) is 7.98. The van der Waals surface area contributed by atoms with Gasteiger partial charge in [-0.2, -0.15) is 0 Å². The van der Waals surface area contributed by atoms with Gasteiger partial charge in [0.15, 0.2) is 21.7 Å². The highest BCUT2D eigenvalue weighted by molar-refractivity contribution is 6.30. The molecule has 4 N–H and O–H groups in total. The van der Waals surface area contributed by atoms with Gasteiger partial charge in [0.25, 0.3) is 5.91 Å². The molecule has 14 heteroatoms. The van der Waals surface area contributed by atoms with Crippen molar-refractivity contribution in [2.45, 2.75) is 39.5 Å². The van der Waals surface area contributed by atoms with Gasteiger partial charge in [-0.1, -0.05) is 63.0 Å². The third-order valence-corrected chi connectivity index (χ3v) is 5.76. The number of carbonyl (C=O) groups is 2. The molecule has 4 aromatic heterocycles. The summed E-state index contributed by atoms with van der Waals surface area (Å²) in [5, 5.41) is 21.0. The van der Waals surface area contributed by atoms with Gasteiger partial charge in [0, 0.05) is 23.5 Å². The van der Waals surface area contributed by atoms with E-state index in [-0.39, 0.29) is 21.7 Å². The Bertz CT molecular complexity index is 1530. The molecule has 0 aliphatic rings. The average Bonchev–Trinajstić information content (AvgIpc) is 2.93. The van der Waals surface area contributed by atoms with Gasteiger partial charge >= 0.3 is 5.97 Å². The van der Waals surface area contributed by atoms with Crippen LogP contribution >= 0.6 is 23.2 Å². The average molecular weight is 598 g/mol. The van der Waals surface area contributed by atoms with Crippen molar-refractivity contribution >= 4 is 58.1 Å². The van der Waals surface area contributed by atoms with Crippen LogP contribution in [0.15, 0.2) is 48.5 Å². The van der Waals surface area contributed by atoms with Gasteiger partial charge in [0.05, 0.1) is 18.5 Å². The number of carbonyl (C=O) groups excluding carboxylic acids is 2. The molecule has 0 saturated heterocycles. The third-order valence-electron chi connectivity index (χ3n) is 5.39. The molecule has 0 aliphatic heterocycles. The topological polar surface area (TPSA) is 171 Å². The predicted molar refractivity (Wildman–Crippen MR) is 157 cm³/mol. The molecule has 1 amide bonds.